The number of carbonyl (C=O) groups excluding carboxylic acids is 2. The summed E-state index contributed by atoms with van der Waals surface area (Å²) in [5.74, 6) is 0.422. The van der Waals surface area contributed by atoms with E-state index in [0.29, 0.717) is 13.0 Å². The normalized spacial score (nSPS) is 20.0. The Morgan fingerprint density at radius 3 is 2.73 bits per heavy atom. The Balaban J connectivity index is 1.55. The lowest BCUT2D eigenvalue weighted by Gasteiger charge is -2.29. The number of carbonyl (C=O) groups is 2. The van der Waals surface area contributed by atoms with E-state index in [1.807, 2.05) is 17.0 Å². The Bertz CT molecular complexity index is 641. The van der Waals surface area contributed by atoms with Gasteiger partial charge < -0.3 is 10.2 Å². The summed E-state index contributed by atoms with van der Waals surface area (Å²) in [5.41, 5.74) is 0.729. The number of likely N-dealkylation sites (tertiary alicyclic amines) is 1. The molecule has 4 nitrogen and oxygen atoms in total. The molecule has 0 radical (unpaired) electrons. The standard InChI is InChI=1S/C21H29BrN2O2/c22-18-9-6-8-17(16-18)21(11-3-4-12-21)20(26)23-13-7-15-24-14-5-1-2-10-19(24)25/h6,8-9,16H,1-5,7,10-15H2,(H,23,26). The molecule has 0 unspecified atom stereocenters. The second-order valence-electron chi connectivity index (χ2n) is 7.60. The van der Waals surface area contributed by atoms with E-state index in [4.69, 9.17) is 0 Å². The molecule has 1 aliphatic heterocycles. The SMILES string of the molecule is O=C1CCCCCN1CCCNC(=O)C1(c2cccc(Br)c2)CCCC1. The molecule has 0 atom stereocenters. The molecule has 142 valence electrons. The summed E-state index contributed by atoms with van der Waals surface area (Å²) in [5, 5.41) is 3.16. The van der Waals surface area contributed by atoms with Crippen molar-refractivity contribution in [3.8, 4) is 0 Å². The van der Waals surface area contributed by atoms with Crippen LogP contribution >= 0.6 is 15.9 Å². The maximum atomic E-state index is 13.0. The minimum atomic E-state index is -0.387. The van der Waals surface area contributed by atoms with Gasteiger partial charge in [-0.2, -0.15) is 0 Å². The Hall–Kier alpha value is -1.36. The van der Waals surface area contributed by atoms with Crippen molar-refractivity contribution in [1.29, 1.82) is 0 Å². The first kappa shape index (κ1) is 19.4. The van der Waals surface area contributed by atoms with Gasteiger partial charge >= 0.3 is 0 Å². The molecule has 1 aliphatic carbocycles. The number of rotatable bonds is 6. The van der Waals surface area contributed by atoms with Crippen LogP contribution in [0.25, 0.3) is 0 Å². The first-order valence-electron chi connectivity index (χ1n) is 9.94. The molecule has 26 heavy (non-hydrogen) atoms. The number of hydrogen-bond donors (Lipinski definition) is 1. The van der Waals surface area contributed by atoms with Crippen LogP contribution in [0.1, 0.15) is 63.4 Å². The Kier molecular flexibility index (Phi) is 6.74. The number of amides is 2. The van der Waals surface area contributed by atoms with Crippen molar-refractivity contribution in [2.24, 2.45) is 0 Å². The number of nitrogens with one attached hydrogen (secondary N) is 1. The van der Waals surface area contributed by atoms with Crippen molar-refractivity contribution in [2.75, 3.05) is 19.6 Å². The molecule has 1 heterocycles. The van der Waals surface area contributed by atoms with Gasteiger partial charge in [0.05, 0.1) is 5.41 Å². The van der Waals surface area contributed by atoms with Gasteiger partial charge in [0.1, 0.15) is 0 Å². The molecule has 0 spiro atoms. The smallest absolute Gasteiger partial charge is 0.230 e. The average Bonchev–Trinajstić information content (AvgIpc) is 3.05. The third-order valence-corrected chi connectivity index (χ3v) is 6.32. The topological polar surface area (TPSA) is 49.4 Å². The van der Waals surface area contributed by atoms with Gasteiger partial charge in [-0.3, -0.25) is 9.59 Å². The summed E-state index contributed by atoms with van der Waals surface area (Å²) >= 11 is 3.53. The third kappa shape index (κ3) is 4.48. The second-order valence-corrected chi connectivity index (χ2v) is 8.52. The van der Waals surface area contributed by atoms with E-state index >= 15 is 0 Å². The van der Waals surface area contributed by atoms with Crippen molar-refractivity contribution >= 4 is 27.7 Å². The molecule has 0 bridgehead atoms. The molecule has 2 aliphatic rings. The summed E-state index contributed by atoms with van der Waals surface area (Å²) in [6.45, 7) is 2.26. The van der Waals surface area contributed by atoms with Gasteiger partial charge in [-0.15, -0.1) is 0 Å². The zero-order valence-electron chi connectivity index (χ0n) is 15.4. The molecule has 0 aromatic heterocycles. The van der Waals surface area contributed by atoms with Crippen LogP contribution in [0.15, 0.2) is 28.7 Å². The predicted molar refractivity (Wildman–Crippen MR) is 107 cm³/mol. The highest BCUT2D eigenvalue weighted by Crippen LogP contribution is 2.42. The molecule has 3 rings (SSSR count). The number of hydrogen-bond acceptors (Lipinski definition) is 2. The van der Waals surface area contributed by atoms with Gasteiger partial charge in [-0.05, 0) is 49.8 Å². The summed E-state index contributed by atoms with van der Waals surface area (Å²) in [6, 6.07) is 8.17. The summed E-state index contributed by atoms with van der Waals surface area (Å²) < 4.78 is 1.02. The fourth-order valence-corrected chi connectivity index (χ4v) is 4.73. The zero-order chi connectivity index (χ0) is 18.4. The van der Waals surface area contributed by atoms with Crippen LogP contribution in [0, 0.1) is 0 Å². The van der Waals surface area contributed by atoms with Gasteiger partial charge in [0, 0.05) is 30.5 Å². The zero-order valence-corrected chi connectivity index (χ0v) is 17.0. The quantitative estimate of drug-likeness (QED) is 0.701. The maximum Gasteiger partial charge on any atom is 0.230 e. The fourth-order valence-electron chi connectivity index (χ4n) is 4.33. The van der Waals surface area contributed by atoms with Crippen molar-refractivity contribution in [3.05, 3.63) is 34.3 Å². The molecular formula is C21H29BrN2O2. The molecular weight excluding hydrogens is 392 g/mol. The van der Waals surface area contributed by atoms with Crippen molar-refractivity contribution in [3.63, 3.8) is 0 Å². The average molecular weight is 421 g/mol. The molecule has 2 amide bonds. The Labute approximate surface area is 164 Å². The van der Waals surface area contributed by atoms with E-state index in [-0.39, 0.29) is 17.2 Å². The van der Waals surface area contributed by atoms with Gasteiger partial charge in [0.15, 0.2) is 0 Å². The maximum absolute atomic E-state index is 13.0. The molecule has 1 saturated carbocycles. The summed E-state index contributed by atoms with van der Waals surface area (Å²) in [6.07, 6.45) is 8.80. The lowest BCUT2D eigenvalue weighted by Crippen LogP contribution is -2.43. The second kappa shape index (κ2) is 9.03. The van der Waals surface area contributed by atoms with Gasteiger partial charge in [-0.25, -0.2) is 0 Å². The van der Waals surface area contributed by atoms with Gasteiger partial charge in [0.25, 0.3) is 0 Å². The lowest BCUT2D eigenvalue weighted by molar-refractivity contribution is -0.130. The van der Waals surface area contributed by atoms with E-state index in [2.05, 4.69) is 33.4 Å². The molecule has 1 aromatic rings. The summed E-state index contributed by atoms with van der Waals surface area (Å²) in [7, 11) is 0. The molecule has 1 saturated heterocycles. The van der Waals surface area contributed by atoms with Crippen molar-refractivity contribution < 1.29 is 9.59 Å². The lowest BCUT2D eigenvalue weighted by atomic mass is 9.78. The Morgan fingerprint density at radius 1 is 1.15 bits per heavy atom. The molecule has 1 aromatic carbocycles. The highest BCUT2D eigenvalue weighted by atomic mass is 79.9. The van der Waals surface area contributed by atoms with Crippen molar-refractivity contribution in [2.45, 2.75) is 63.2 Å². The van der Waals surface area contributed by atoms with E-state index in [1.54, 1.807) is 0 Å². The molecule has 1 N–H and O–H groups in total. The number of halogens is 1. The van der Waals surface area contributed by atoms with E-state index in [0.717, 1.165) is 74.5 Å². The first-order chi connectivity index (χ1) is 12.6. The predicted octanol–water partition coefficient (Wildman–Crippen LogP) is 4.17. The minimum absolute atomic E-state index is 0.148. The minimum Gasteiger partial charge on any atom is -0.355 e. The fraction of sp³-hybridized carbons (Fsp3) is 0.619. The van der Waals surface area contributed by atoms with Crippen LogP contribution in [-0.4, -0.2) is 36.3 Å². The van der Waals surface area contributed by atoms with Crippen LogP contribution in [-0.2, 0) is 15.0 Å². The first-order valence-corrected chi connectivity index (χ1v) is 10.7. The summed E-state index contributed by atoms with van der Waals surface area (Å²) in [4.78, 5) is 27.1. The van der Waals surface area contributed by atoms with Gasteiger partial charge in [-0.1, -0.05) is 47.3 Å². The van der Waals surface area contributed by atoms with E-state index in [9.17, 15) is 9.59 Å². The van der Waals surface area contributed by atoms with Crippen LogP contribution in [0.5, 0.6) is 0 Å². The monoisotopic (exact) mass is 420 g/mol. The van der Waals surface area contributed by atoms with Crippen molar-refractivity contribution in [1.82, 2.24) is 10.2 Å². The largest absolute Gasteiger partial charge is 0.355 e. The number of nitrogens with zero attached hydrogens (tertiary/aromatic N) is 1. The molecule has 5 heteroatoms. The third-order valence-electron chi connectivity index (χ3n) is 5.83. The number of benzene rings is 1. The Morgan fingerprint density at radius 2 is 1.96 bits per heavy atom. The highest BCUT2D eigenvalue weighted by Gasteiger charge is 2.42. The van der Waals surface area contributed by atoms with Gasteiger partial charge in [0.2, 0.25) is 11.8 Å². The van der Waals surface area contributed by atoms with E-state index in [1.165, 1.54) is 0 Å². The van der Waals surface area contributed by atoms with Crippen LogP contribution < -0.4 is 5.32 Å². The van der Waals surface area contributed by atoms with Crippen LogP contribution in [0.3, 0.4) is 0 Å². The van der Waals surface area contributed by atoms with Crippen LogP contribution in [0.4, 0.5) is 0 Å². The molecule has 2 fully saturated rings. The highest BCUT2D eigenvalue weighted by molar-refractivity contribution is 9.10. The van der Waals surface area contributed by atoms with E-state index < -0.39 is 0 Å². The van der Waals surface area contributed by atoms with Crippen LogP contribution in [0.2, 0.25) is 0 Å².